The van der Waals surface area contributed by atoms with Crippen LogP contribution in [0.2, 0.25) is 0 Å². The summed E-state index contributed by atoms with van der Waals surface area (Å²) in [5.74, 6) is 6.13. The van der Waals surface area contributed by atoms with Crippen molar-refractivity contribution in [3.63, 3.8) is 0 Å². The first-order chi connectivity index (χ1) is 9.20. The number of hydrogen-bond donors (Lipinski definition) is 0. The van der Waals surface area contributed by atoms with E-state index in [1.54, 1.807) is 13.2 Å². The number of carbonyl (C=O) groups is 1. The van der Waals surface area contributed by atoms with Gasteiger partial charge >= 0.3 is 0 Å². The molecule has 0 aromatic heterocycles. The van der Waals surface area contributed by atoms with Crippen LogP contribution in [0.4, 0.5) is 0 Å². The van der Waals surface area contributed by atoms with Crippen LogP contribution in [-0.2, 0) is 0 Å². The van der Waals surface area contributed by atoms with Gasteiger partial charge in [-0.3, -0.25) is 4.79 Å². The van der Waals surface area contributed by atoms with Gasteiger partial charge in [0.15, 0.2) is 0 Å². The first kappa shape index (κ1) is 13.6. The molecule has 2 nitrogen and oxygen atoms in total. The first-order valence-corrected chi connectivity index (χ1v) is 6.73. The molecule has 94 valence electrons. The molecule has 2 aromatic rings. The van der Waals surface area contributed by atoms with Crippen molar-refractivity contribution in [2.24, 2.45) is 0 Å². The Hall–Kier alpha value is -1.80. The molecule has 0 aliphatic heterocycles. The van der Waals surface area contributed by atoms with Crippen LogP contribution in [0, 0.1) is 15.4 Å². The molecule has 0 aliphatic carbocycles. The van der Waals surface area contributed by atoms with E-state index in [-0.39, 0.29) is 5.78 Å². The van der Waals surface area contributed by atoms with E-state index in [0.29, 0.717) is 5.56 Å². The summed E-state index contributed by atoms with van der Waals surface area (Å²) in [6.45, 7) is 0. The Morgan fingerprint density at radius 3 is 2.42 bits per heavy atom. The third-order valence-electron chi connectivity index (χ3n) is 2.53. The van der Waals surface area contributed by atoms with Gasteiger partial charge in [-0.1, -0.05) is 18.1 Å². The Kier molecular flexibility index (Phi) is 4.58. The van der Waals surface area contributed by atoms with Crippen LogP contribution in [0.5, 0.6) is 5.75 Å². The average molecular weight is 362 g/mol. The standard InChI is InChI=1S/C16H11IO2/c1-19-13-9-6-12(7-10-13)8-11-16(18)14-4-2-3-5-15(14)17/h2-7,9-10H,1H3. The summed E-state index contributed by atoms with van der Waals surface area (Å²) in [7, 11) is 1.61. The number of carbonyl (C=O) groups excluding carboxylic acids is 1. The largest absolute Gasteiger partial charge is 0.497 e. The van der Waals surface area contributed by atoms with Crippen molar-refractivity contribution in [2.75, 3.05) is 7.11 Å². The van der Waals surface area contributed by atoms with Crippen LogP contribution in [0.1, 0.15) is 15.9 Å². The van der Waals surface area contributed by atoms with Gasteiger partial charge in [-0.15, -0.1) is 0 Å². The maximum absolute atomic E-state index is 12.0. The van der Waals surface area contributed by atoms with E-state index in [9.17, 15) is 4.79 Å². The van der Waals surface area contributed by atoms with Gasteiger partial charge in [0.05, 0.1) is 7.11 Å². The molecule has 19 heavy (non-hydrogen) atoms. The Morgan fingerprint density at radius 2 is 1.79 bits per heavy atom. The van der Waals surface area contributed by atoms with Crippen LogP contribution < -0.4 is 4.74 Å². The van der Waals surface area contributed by atoms with Gasteiger partial charge in [0.25, 0.3) is 0 Å². The summed E-state index contributed by atoms with van der Waals surface area (Å²) in [6.07, 6.45) is 0. The highest BCUT2D eigenvalue weighted by Crippen LogP contribution is 2.12. The number of ketones is 1. The molecule has 0 spiro atoms. The van der Waals surface area contributed by atoms with E-state index in [4.69, 9.17) is 4.74 Å². The van der Waals surface area contributed by atoms with Crippen LogP contribution in [-0.4, -0.2) is 12.9 Å². The molecular formula is C16H11IO2. The summed E-state index contributed by atoms with van der Waals surface area (Å²) in [5, 5.41) is 0. The fourth-order valence-corrected chi connectivity index (χ4v) is 2.15. The molecule has 0 saturated heterocycles. The summed E-state index contributed by atoms with van der Waals surface area (Å²) < 4.78 is 5.97. The average Bonchev–Trinajstić information content (AvgIpc) is 2.46. The lowest BCUT2D eigenvalue weighted by atomic mass is 10.1. The number of halogens is 1. The maximum Gasteiger partial charge on any atom is 0.237 e. The van der Waals surface area contributed by atoms with E-state index in [0.717, 1.165) is 14.9 Å². The Bertz CT molecular complexity index is 648. The van der Waals surface area contributed by atoms with Crippen LogP contribution in [0.15, 0.2) is 48.5 Å². The van der Waals surface area contributed by atoms with E-state index in [1.165, 1.54) is 0 Å². The normalized spacial score (nSPS) is 9.37. The molecule has 0 bridgehead atoms. The van der Waals surface area contributed by atoms with Gasteiger partial charge in [-0.2, -0.15) is 0 Å². The molecule has 0 atom stereocenters. The topological polar surface area (TPSA) is 26.3 Å². The SMILES string of the molecule is COc1ccc(C#CC(=O)c2ccccc2I)cc1. The maximum atomic E-state index is 12.0. The molecule has 0 fully saturated rings. The Morgan fingerprint density at radius 1 is 1.11 bits per heavy atom. The highest BCUT2D eigenvalue weighted by Gasteiger charge is 2.05. The zero-order chi connectivity index (χ0) is 13.7. The minimum atomic E-state index is -0.166. The van der Waals surface area contributed by atoms with E-state index < -0.39 is 0 Å². The number of ether oxygens (including phenoxy) is 1. The fraction of sp³-hybridized carbons (Fsp3) is 0.0625. The molecule has 0 radical (unpaired) electrons. The summed E-state index contributed by atoms with van der Waals surface area (Å²) in [5.41, 5.74) is 1.43. The van der Waals surface area contributed by atoms with Gasteiger partial charge in [0.2, 0.25) is 5.78 Å². The molecule has 2 aromatic carbocycles. The summed E-state index contributed by atoms with van der Waals surface area (Å²) in [4.78, 5) is 12.0. The Balaban J connectivity index is 2.19. The van der Waals surface area contributed by atoms with Crippen molar-refractivity contribution in [3.8, 4) is 17.6 Å². The van der Waals surface area contributed by atoms with Gasteiger partial charge in [-0.25, -0.2) is 0 Å². The quantitative estimate of drug-likeness (QED) is 0.464. The lowest BCUT2D eigenvalue weighted by molar-refractivity contribution is 0.105. The van der Waals surface area contributed by atoms with E-state index in [2.05, 4.69) is 34.4 Å². The second-order valence-corrected chi connectivity index (χ2v) is 4.95. The van der Waals surface area contributed by atoms with Crippen molar-refractivity contribution < 1.29 is 9.53 Å². The molecule has 0 N–H and O–H groups in total. The molecule has 0 amide bonds. The van der Waals surface area contributed by atoms with Gasteiger partial charge in [0.1, 0.15) is 5.75 Å². The first-order valence-electron chi connectivity index (χ1n) is 5.65. The number of rotatable bonds is 2. The van der Waals surface area contributed by atoms with Gasteiger partial charge < -0.3 is 4.74 Å². The van der Waals surface area contributed by atoms with Crippen molar-refractivity contribution >= 4 is 28.4 Å². The number of Topliss-reactive ketones (excluding diaryl/α,β-unsaturated/α-hetero) is 1. The van der Waals surface area contributed by atoms with Crippen molar-refractivity contribution in [3.05, 3.63) is 63.2 Å². The van der Waals surface area contributed by atoms with Crippen LogP contribution in [0.25, 0.3) is 0 Å². The van der Waals surface area contributed by atoms with Crippen molar-refractivity contribution in [2.45, 2.75) is 0 Å². The lowest BCUT2D eigenvalue weighted by Gasteiger charge is -1.98. The minimum Gasteiger partial charge on any atom is -0.497 e. The third-order valence-corrected chi connectivity index (χ3v) is 3.47. The number of hydrogen-bond acceptors (Lipinski definition) is 2. The molecular weight excluding hydrogens is 351 g/mol. The van der Waals surface area contributed by atoms with Gasteiger partial charge in [-0.05, 0) is 64.9 Å². The minimum absolute atomic E-state index is 0.166. The van der Waals surface area contributed by atoms with Crippen molar-refractivity contribution in [1.82, 2.24) is 0 Å². The van der Waals surface area contributed by atoms with Crippen LogP contribution in [0.3, 0.4) is 0 Å². The highest BCUT2D eigenvalue weighted by atomic mass is 127. The zero-order valence-corrected chi connectivity index (χ0v) is 12.5. The van der Waals surface area contributed by atoms with Crippen LogP contribution >= 0.6 is 22.6 Å². The molecule has 3 heteroatoms. The lowest BCUT2D eigenvalue weighted by Crippen LogP contribution is -1.97. The highest BCUT2D eigenvalue weighted by molar-refractivity contribution is 14.1. The second-order valence-electron chi connectivity index (χ2n) is 3.79. The number of methoxy groups -OCH3 is 1. The zero-order valence-electron chi connectivity index (χ0n) is 10.3. The molecule has 0 unspecified atom stereocenters. The van der Waals surface area contributed by atoms with Crippen molar-refractivity contribution in [1.29, 1.82) is 0 Å². The van der Waals surface area contributed by atoms with E-state index >= 15 is 0 Å². The Labute approximate surface area is 125 Å². The number of benzene rings is 2. The van der Waals surface area contributed by atoms with Gasteiger partial charge in [0, 0.05) is 14.7 Å². The molecule has 2 rings (SSSR count). The molecule has 0 heterocycles. The smallest absolute Gasteiger partial charge is 0.237 e. The summed E-state index contributed by atoms with van der Waals surface area (Å²) >= 11 is 2.13. The predicted octanol–water partition coefficient (Wildman–Crippen LogP) is 3.53. The fourth-order valence-electron chi connectivity index (χ4n) is 1.52. The monoisotopic (exact) mass is 362 g/mol. The second kappa shape index (κ2) is 6.39. The van der Waals surface area contributed by atoms with E-state index in [1.807, 2.05) is 42.5 Å². The summed E-state index contributed by atoms with van der Waals surface area (Å²) in [6, 6.07) is 14.7. The molecule has 0 aliphatic rings. The molecule has 0 saturated carbocycles. The third kappa shape index (κ3) is 3.58. The predicted molar refractivity (Wildman–Crippen MR) is 83.4 cm³/mol.